The van der Waals surface area contributed by atoms with Crippen LogP contribution in [0.3, 0.4) is 0 Å². The lowest BCUT2D eigenvalue weighted by Crippen LogP contribution is -2.20. The first-order valence-electron chi connectivity index (χ1n) is 5.76. The Hall–Kier alpha value is -2.55. The van der Waals surface area contributed by atoms with Crippen LogP contribution in [0.25, 0.3) is 0 Å². The van der Waals surface area contributed by atoms with Crippen molar-refractivity contribution in [1.82, 2.24) is 5.32 Å². The molecule has 1 atom stereocenters. The highest BCUT2D eigenvalue weighted by Gasteiger charge is 2.18. The van der Waals surface area contributed by atoms with Crippen LogP contribution in [0, 0.1) is 22.5 Å². The van der Waals surface area contributed by atoms with Gasteiger partial charge in [0.05, 0.1) is 11.0 Å². The number of nitro benzene ring substituents is 1. The van der Waals surface area contributed by atoms with Gasteiger partial charge in [-0.25, -0.2) is 0 Å². The fraction of sp³-hybridized carbons (Fsp3) is 0.308. The van der Waals surface area contributed by atoms with Crippen LogP contribution in [0.5, 0.6) is 0 Å². The van der Waals surface area contributed by atoms with Crippen LogP contribution in [0.1, 0.15) is 23.7 Å². The number of amides is 1. The van der Waals surface area contributed by atoms with Gasteiger partial charge in [0.2, 0.25) is 0 Å². The Kier molecular flexibility index (Phi) is 4.89. The molecule has 1 aromatic rings. The summed E-state index contributed by atoms with van der Waals surface area (Å²) >= 11 is 0. The van der Waals surface area contributed by atoms with Crippen LogP contribution in [0.4, 0.5) is 11.4 Å². The topological polar surface area (TPSA) is 84.3 Å². The molecule has 0 spiro atoms. The quantitative estimate of drug-likeness (QED) is 0.480. The standard InChI is InChI=1S/C13H15N3O3/c1-4-10(5-2)15-11-8-9(13(17)14-3)6-7-12(11)16(18)19/h1,6-8,10,15H,5H2,2-3H3,(H,14,17). The van der Waals surface area contributed by atoms with Gasteiger partial charge in [0.25, 0.3) is 11.6 Å². The highest BCUT2D eigenvalue weighted by atomic mass is 16.6. The number of nitrogens with zero attached hydrogens (tertiary/aromatic N) is 1. The molecule has 1 amide bonds. The third-order valence-electron chi connectivity index (χ3n) is 2.62. The van der Waals surface area contributed by atoms with E-state index < -0.39 is 4.92 Å². The monoisotopic (exact) mass is 261 g/mol. The van der Waals surface area contributed by atoms with Crippen molar-refractivity contribution >= 4 is 17.3 Å². The lowest BCUT2D eigenvalue weighted by molar-refractivity contribution is -0.384. The van der Waals surface area contributed by atoms with Gasteiger partial charge in [0.15, 0.2) is 0 Å². The Labute approximate surface area is 111 Å². The molecule has 19 heavy (non-hydrogen) atoms. The highest BCUT2D eigenvalue weighted by Crippen LogP contribution is 2.26. The molecular weight excluding hydrogens is 246 g/mol. The first-order chi connectivity index (χ1) is 9.03. The predicted molar refractivity (Wildman–Crippen MR) is 73.0 cm³/mol. The maximum atomic E-state index is 11.5. The summed E-state index contributed by atoms with van der Waals surface area (Å²) in [6.07, 6.45) is 5.94. The van der Waals surface area contributed by atoms with Gasteiger partial charge >= 0.3 is 0 Å². The summed E-state index contributed by atoms with van der Waals surface area (Å²) < 4.78 is 0. The molecule has 0 aliphatic carbocycles. The minimum absolute atomic E-state index is 0.110. The minimum atomic E-state index is -0.515. The van der Waals surface area contributed by atoms with E-state index in [9.17, 15) is 14.9 Å². The molecular formula is C13H15N3O3. The molecule has 6 heteroatoms. The molecule has 2 N–H and O–H groups in total. The van der Waals surface area contributed by atoms with Gasteiger partial charge in [-0.15, -0.1) is 6.42 Å². The van der Waals surface area contributed by atoms with Crippen molar-refractivity contribution in [2.45, 2.75) is 19.4 Å². The maximum absolute atomic E-state index is 11.5. The number of hydrogen-bond acceptors (Lipinski definition) is 4. The summed E-state index contributed by atoms with van der Waals surface area (Å²) in [4.78, 5) is 22.0. The van der Waals surface area contributed by atoms with Gasteiger partial charge < -0.3 is 10.6 Å². The third kappa shape index (κ3) is 3.45. The van der Waals surface area contributed by atoms with Crippen LogP contribution in [0.2, 0.25) is 0 Å². The molecule has 0 saturated heterocycles. The summed E-state index contributed by atoms with van der Waals surface area (Å²) in [5.74, 6) is 2.18. The summed E-state index contributed by atoms with van der Waals surface area (Å²) in [6, 6.07) is 3.80. The minimum Gasteiger partial charge on any atom is -0.366 e. The van der Waals surface area contributed by atoms with E-state index in [0.717, 1.165) is 0 Å². The molecule has 6 nitrogen and oxygen atoms in total. The zero-order valence-electron chi connectivity index (χ0n) is 10.8. The van der Waals surface area contributed by atoms with E-state index in [4.69, 9.17) is 6.42 Å². The van der Waals surface area contributed by atoms with Gasteiger partial charge in [-0.1, -0.05) is 12.8 Å². The van der Waals surface area contributed by atoms with Crippen molar-refractivity contribution in [3.63, 3.8) is 0 Å². The Morgan fingerprint density at radius 3 is 2.74 bits per heavy atom. The summed E-state index contributed by atoms with van der Waals surface area (Å²) in [5, 5.41) is 16.3. The van der Waals surface area contributed by atoms with Crippen molar-refractivity contribution in [3.05, 3.63) is 33.9 Å². The van der Waals surface area contributed by atoms with E-state index in [1.54, 1.807) is 0 Å². The average Bonchev–Trinajstić information content (AvgIpc) is 2.43. The first kappa shape index (κ1) is 14.5. The summed E-state index contributed by atoms with van der Waals surface area (Å²) in [5.41, 5.74) is 0.472. The molecule has 0 aliphatic rings. The summed E-state index contributed by atoms with van der Waals surface area (Å²) in [7, 11) is 1.49. The molecule has 0 saturated carbocycles. The van der Waals surface area contributed by atoms with Crippen molar-refractivity contribution in [2.75, 3.05) is 12.4 Å². The smallest absolute Gasteiger partial charge is 0.292 e. The number of carbonyl (C=O) groups excluding carboxylic acids is 1. The molecule has 1 rings (SSSR count). The number of nitrogens with one attached hydrogen (secondary N) is 2. The normalized spacial score (nSPS) is 11.2. The van der Waals surface area contributed by atoms with Gasteiger partial charge in [0, 0.05) is 18.7 Å². The molecule has 0 radical (unpaired) electrons. The highest BCUT2D eigenvalue weighted by molar-refractivity contribution is 5.95. The summed E-state index contributed by atoms with van der Waals surface area (Å²) in [6.45, 7) is 1.87. The molecule has 100 valence electrons. The second-order valence-electron chi connectivity index (χ2n) is 3.84. The molecule has 0 aromatic heterocycles. The fourth-order valence-electron chi connectivity index (χ4n) is 1.55. The zero-order valence-corrected chi connectivity index (χ0v) is 10.8. The number of hydrogen-bond donors (Lipinski definition) is 2. The van der Waals surface area contributed by atoms with Crippen molar-refractivity contribution in [2.24, 2.45) is 0 Å². The third-order valence-corrected chi connectivity index (χ3v) is 2.62. The molecule has 0 aliphatic heterocycles. The first-order valence-corrected chi connectivity index (χ1v) is 5.76. The number of rotatable bonds is 5. The van der Waals surface area contributed by atoms with E-state index in [-0.39, 0.29) is 23.3 Å². The lowest BCUT2D eigenvalue weighted by atomic mass is 10.1. The molecule has 0 bridgehead atoms. The van der Waals surface area contributed by atoms with Crippen LogP contribution in [0.15, 0.2) is 18.2 Å². The second kappa shape index (κ2) is 6.40. The van der Waals surface area contributed by atoms with Gasteiger partial charge in [0.1, 0.15) is 5.69 Å². The van der Waals surface area contributed by atoms with E-state index in [1.165, 1.54) is 25.2 Å². The number of terminal acetylenes is 1. The molecule has 1 unspecified atom stereocenters. The SMILES string of the molecule is C#CC(CC)Nc1cc(C(=O)NC)ccc1[N+](=O)[O-]. The fourth-order valence-corrected chi connectivity index (χ4v) is 1.55. The number of anilines is 1. The van der Waals surface area contributed by atoms with Gasteiger partial charge in [-0.05, 0) is 18.6 Å². The lowest BCUT2D eigenvalue weighted by Gasteiger charge is -2.13. The predicted octanol–water partition coefficient (Wildman–Crippen LogP) is 1.78. The van der Waals surface area contributed by atoms with Gasteiger partial charge in [-0.3, -0.25) is 14.9 Å². The van der Waals surface area contributed by atoms with E-state index in [1.807, 2.05) is 6.92 Å². The molecule has 1 aromatic carbocycles. The Bertz CT molecular complexity index is 534. The number of benzene rings is 1. The number of carbonyl (C=O) groups is 1. The van der Waals surface area contributed by atoms with Crippen molar-refractivity contribution < 1.29 is 9.72 Å². The van der Waals surface area contributed by atoms with Crippen LogP contribution in [-0.2, 0) is 0 Å². The van der Waals surface area contributed by atoms with Crippen LogP contribution < -0.4 is 10.6 Å². The Morgan fingerprint density at radius 2 is 2.26 bits per heavy atom. The maximum Gasteiger partial charge on any atom is 0.292 e. The van der Waals surface area contributed by atoms with Gasteiger partial charge in [-0.2, -0.15) is 0 Å². The zero-order chi connectivity index (χ0) is 14.4. The van der Waals surface area contributed by atoms with E-state index in [2.05, 4.69) is 16.6 Å². The van der Waals surface area contributed by atoms with Crippen molar-refractivity contribution in [3.8, 4) is 12.3 Å². The van der Waals surface area contributed by atoms with E-state index in [0.29, 0.717) is 12.0 Å². The van der Waals surface area contributed by atoms with E-state index >= 15 is 0 Å². The Morgan fingerprint density at radius 1 is 1.58 bits per heavy atom. The second-order valence-corrected chi connectivity index (χ2v) is 3.84. The van der Waals surface area contributed by atoms with Crippen molar-refractivity contribution in [1.29, 1.82) is 0 Å². The van der Waals surface area contributed by atoms with Crippen LogP contribution >= 0.6 is 0 Å². The van der Waals surface area contributed by atoms with Crippen LogP contribution in [-0.4, -0.2) is 23.9 Å². The average molecular weight is 261 g/mol. The Balaban J connectivity index is 3.20. The largest absolute Gasteiger partial charge is 0.366 e. The molecule has 0 fully saturated rings. The number of nitro groups is 1. The molecule has 0 heterocycles.